The van der Waals surface area contributed by atoms with Crippen LogP contribution < -0.4 is 10.1 Å². The number of benzene rings is 1. The Bertz CT molecular complexity index is 436. The minimum Gasteiger partial charge on any atom is -0.495 e. The van der Waals surface area contributed by atoms with Gasteiger partial charge in [-0.25, -0.2) is 0 Å². The smallest absolute Gasteiger partial charge is 0.136 e. The molecule has 0 amide bonds. The summed E-state index contributed by atoms with van der Waals surface area (Å²) in [6.07, 6.45) is 0.705. The predicted octanol–water partition coefficient (Wildman–Crippen LogP) is 1.82. The Labute approximate surface area is 108 Å². The van der Waals surface area contributed by atoms with Crippen LogP contribution in [0.15, 0.2) is 18.2 Å². The third-order valence-corrected chi connectivity index (χ3v) is 2.98. The summed E-state index contributed by atoms with van der Waals surface area (Å²) < 4.78 is 5.15. The Morgan fingerprint density at radius 1 is 1.50 bits per heavy atom. The highest BCUT2D eigenvalue weighted by Gasteiger charge is 2.16. The van der Waals surface area contributed by atoms with Crippen molar-refractivity contribution in [1.29, 1.82) is 5.26 Å². The summed E-state index contributed by atoms with van der Waals surface area (Å²) in [4.78, 5) is 0. The van der Waals surface area contributed by atoms with E-state index < -0.39 is 5.60 Å². The van der Waals surface area contributed by atoms with Gasteiger partial charge in [-0.1, -0.05) is 13.0 Å². The molecule has 4 heteroatoms. The first kappa shape index (κ1) is 14.5. The van der Waals surface area contributed by atoms with Crippen LogP contribution in [-0.2, 0) is 6.54 Å². The van der Waals surface area contributed by atoms with Gasteiger partial charge in [0, 0.05) is 13.1 Å². The molecule has 0 spiro atoms. The second-order valence-corrected chi connectivity index (χ2v) is 4.60. The molecule has 0 aromatic heterocycles. The van der Waals surface area contributed by atoms with Gasteiger partial charge in [0.05, 0.1) is 18.3 Å². The van der Waals surface area contributed by atoms with Crippen LogP contribution in [0.2, 0.25) is 0 Å². The largest absolute Gasteiger partial charge is 0.495 e. The molecule has 1 unspecified atom stereocenters. The second-order valence-electron chi connectivity index (χ2n) is 4.60. The molecule has 0 aliphatic carbocycles. The maximum absolute atomic E-state index is 9.85. The Morgan fingerprint density at radius 3 is 2.78 bits per heavy atom. The van der Waals surface area contributed by atoms with E-state index in [0.29, 0.717) is 30.8 Å². The summed E-state index contributed by atoms with van der Waals surface area (Å²) >= 11 is 0. The molecule has 98 valence electrons. The van der Waals surface area contributed by atoms with E-state index in [-0.39, 0.29) is 0 Å². The first-order valence-electron chi connectivity index (χ1n) is 6.02. The van der Waals surface area contributed by atoms with Crippen molar-refractivity contribution in [3.63, 3.8) is 0 Å². The summed E-state index contributed by atoms with van der Waals surface area (Å²) in [5.41, 5.74) is 0.871. The Kier molecular flexibility index (Phi) is 5.14. The lowest BCUT2D eigenvalue weighted by Gasteiger charge is -2.21. The number of rotatable bonds is 6. The van der Waals surface area contributed by atoms with E-state index >= 15 is 0 Å². The van der Waals surface area contributed by atoms with Crippen LogP contribution in [0.4, 0.5) is 0 Å². The van der Waals surface area contributed by atoms with Gasteiger partial charge >= 0.3 is 0 Å². The average Bonchev–Trinajstić information content (AvgIpc) is 2.38. The molecule has 1 aromatic rings. The zero-order chi connectivity index (χ0) is 13.6. The van der Waals surface area contributed by atoms with E-state index in [0.717, 1.165) is 5.56 Å². The minimum atomic E-state index is -0.684. The summed E-state index contributed by atoms with van der Waals surface area (Å²) in [7, 11) is 1.55. The summed E-state index contributed by atoms with van der Waals surface area (Å²) in [6, 6.07) is 7.54. The number of hydrogen-bond acceptors (Lipinski definition) is 4. The lowest BCUT2D eigenvalue weighted by atomic mass is 10.0. The zero-order valence-electron chi connectivity index (χ0n) is 11.2. The SMILES string of the molecule is CCC(C)(O)CNCc1ccc(C#N)c(OC)c1. The highest BCUT2D eigenvalue weighted by Crippen LogP contribution is 2.19. The van der Waals surface area contributed by atoms with Crippen molar-refractivity contribution in [2.75, 3.05) is 13.7 Å². The maximum atomic E-state index is 9.85. The van der Waals surface area contributed by atoms with Crippen molar-refractivity contribution in [3.8, 4) is 11.8 Å². The summed E-state index contributed by atoms with van der Waals surface area (Å²) in [5.74, 6) is 0.582. The third kappa shape index (κ3) is 4.02. The monoisotopic (exact) mass is 248 g/mol. The number of nitrogens with one attached hydrogen (secondary N) is 1. The number of methoxy groups -OCH3 is 1. The van der Waals surface area contributed by atoms with Crippen molar-refractivity contribution >= 4 is 0 Å². The van der Waals surface area contributed by atoms with Crippen LogP contribution in [0.1, 0.15) is 31.4 Å². The van der Waals surface area contributed by atoms with Crippen molar-refractivity contribution in [1.82, 2.24) is 5.32 Å². The van der Waals surface area contributed by atoms with Gasteiger partial charge in [-0.05, 0) is 31.0 Å². The predicted molar refractivity (Wildman–Crippen MR) is 70.3 cm³/mol. The van der Waals surface area contributed by atoms with Gasteiger partial charge in [0.1, 0.15) is 11.8 Å². The normalized spacial score (nSPS) is 13.7. The molecule has 1 aromatic carbocycles. The van der Waals surface area contributed by atoms with E-state index in [1.165, 1.54) is 0 Å². The van der Waals surface area contributed by atoms with E-state index in [4.69, 9.17) is 10.00 Å². The molecule has 0 heterocycles. The molecule has 0 aliphatic rings. The third-order valence-electron chi connectivity index (χ3n) is 2.98. The van der Waals surface area contributed by atoms with Crippen molar-refractivity contribution < 1.29 is 9.84 Å². The molecule has 2 N–H and O–H groups in total. The number of ether oxygens (including phenoxy) is 1. The standard InChI is InChI=1S/C14H20N2O2/c1-4-14(2,17)10-16-9-11-5-6-12(8-15)13(7-11)18-3/h5-7,16-17H,4,9-10H2,1-3H3. The van der Waals surface area contributed by atoms with Gasteiger partial charge in [-0.3, -0.25) is 0 Å². The van der Waals surface area contributed by atoms with Gasteiger partial charge in [0.2, 0.25) is 0 Å². The minimum absolute atomic E-state index is 0.529. The van der Waals surface area contributed by atoms with Crippen molar-refractivity contribution in [2.45, 2.75) is 32.4 Å². The first-order valence-corrected chi connectivity index (χ1v) is 6.02. The number of nitriles is 1. The molecule has 1 atom stereocenters. The number of nitrogens with zero attached hydrogens (tertiary/aromatic N) is 1. The molecule has 0 saturated carbocycles. The molecular weight excluding hydrogens is 228 g/mol. The molecule has 0 bridgehead atoms. The van der Waals surface area contributed by atoms with Crippen molar-refractivity contribution in [2.24, 2.45) is 0 Å². The first-order chi connectivity index (χ1) is 8.52. The highest BCUT2D eigenvalue weighted by atomic mass is 16.5. The van der Waals surface area contributed by atoms with E-state index in [2.05, 4.69) is 11.4 Å². The van der Waals surface area contributed by atoms with Crippen LogP contribution in [0.5, 0.6) is 5.75 Å². The summed E-state index contributed by atoms with van der Waals surface area (Å²) in [5, 5.41) is 21.9. The van der Waals surface area contributed by atoms with Gasteiger partial charge in [-0.2, -0.15) is 5.26 Å². The van der Waals surface area contributed by atoms with Crippen LogP contribution in [0, 0.1) is 11.3 Å². The van der Waals surface area contributed by atoms with Gasteiger partial charge in [0.25, 0.3) is 0 Å². The second kappa shape index (κ2) is 6.39. The molecule has 18 heavy (non-hydrogen) atoms. The van der Waals surface area contributed by atoms with Crippen molar-refractivity contribution in [3.05, 3.63) is 29.3 Å². The fourth-order valence-electron chi connectivity index (χ4n) is 1.54. The molecule has 4 nitrogen and oxygen atoms in total. The molecule has 0 saturated heterocycles. The topological polar surface area (TPSA) is 65.3 Å². The van der Waals surface area contributed by atoms with Crippen LogP contribution in [0.3, 0.4) is 0 Å². The number of hydrogen-bond donors (Lipinski definition) is 2. The fourth-order valence-corrected chi connectivity index (χ4v) is 1.54. The van der Waals surface area contributed by atoms with Crippen LogP contribution >= 0.6 is 0 Å². The zero-order valence-corrected chi connectivity index (χ0v) is 11.2. The highest BCUT2D eigenvalue weighted by molar-refractivity contribution is 5.45. The van der Waals surface area contributed by atoms with Crippen LogP contribution in [0.25, 0.3) is 0 Å². The fraction of sp³-hybridized carbons (Fsp3) is 0.500. The molecular formula is C14H20N2O2. The maximum Gasteiger partial charge on any atom is 0.136 e. The average molecular weight is 248 g/mol. The Morgan fingerprint density at radius 2 is 2.22 bits per heavy atom. The lowest BCUT2D eigenvalue weighted by Crippen LogP contribution is -2.36. The van der Waals surface area contributed by atoms with Gasteiger partial charge in [-0.15, -0.1) is 0 Å². The lowest BCUT2D eigenvalue weighted by molar-refractivity contribution is 0.0555. The van der Waals surface area contributed by atoms with E-state index in [1.54, 1.807) is 20.1 Å². The Hall–Kier alpha value is -1.57. The number of aliphatic hydroxyl groups is 1. The quantitative estimate of drug-likeness (QED) is 0.806. The van der Waals surface area contributed by atoms with E-state index in [1.807, 2.05) is 19.1 Å². The Balaban J connectivity index is 2.61. The van der Waals surface area contributed by atoms with Gasteiger partial charge < -0.3 is 15.2 Å². The van der Waals surface area contributed by atoms with E-state index in [9.17, 15) is 5.11 Å². The molecule has 1 rings (SSSR count). The molecule has 0 aliphatic heterocycles. The molecule has 0 radical (unpaired) electrons. The molecule has 0 fully saturated rings. The van der Waals surface area contributed by atoms with Gasteiger partial charge in [0.15, 0.2) is 0 Å². The van der Waals surface area contributed by atoms with Crippen LogP contribution in [-0.4, -0.2) is 24.4 Å². The summed E-state index contributed by atoms with van der Waals surface area (Å²) in [6.45, 7) is 4.93.